The summed E-state index contributed by atoms with van der Waals surface area (Å²) in [4.78, 5) is 12.9. The molecule has 0 bridgehead atoms. The van der Waals surface area contributed by atoms with Crippen LogP contribution in [0, 0.1) is 0 Å². The molecule has 0 amide bonds. The number of ether oxygens (including phenoxy) is 2. The molecule has 7 heteroatoms. The summed E-state index contributed by atoms with van der Waals surface area (Å²) in [6.07, 6.45) is 5.08. The Morgan fingerprint density at radius 3 is 2.92 bits per heavy atom. The van der Waals surface area contributed by atoms with Crippen molar-refractivity contribution >= 4 is 17.4 Å². The van der Waals surface area contributed by atoms with Gasteiger partial charge in [0.25, 0.3) is 0 Å². The van der Waals surface area contributed by atoms with Gasteiger partial charge in [-0.15, -0.1) is 0 Å². The van der Waals surface area contributed by atoms with E-state index >= 15 is 0 Å². The van der Waals surface area contributed by atoms with Gasteiger partial charge < -0.3 is 14.8 Å². The van der Waals surface area contributed by atoms with Crippen molar-refractivity contribution in [2.75, 3.05) is 12.1 Å². The van der Waals surface area contributed by atoms with Crippen LogP contribution in [0.3, 0.4) is 0 Å². The monoisotopic (exact) mass is 340 g/mol. The Balaban J connectivity index is 1.53. The number of halogens is 1. The van der Waals surface area contributed by atoms with E-state index in [0.29, 0.717) is 23.1 Å². The molecule has 1 aliphatic heterocycles. The van der Waals surface area contributed by atoms with Gasteiger partial charge in [0.05, 0.1) is 5.02 Å². The van der Waals surface area contributed by atoms with Gasteiger partial charge in [-0.2, -0.15) is 0 Å². The van der Waals surface area contributed by atoms with Gasteiger partial charge in [-0.3, -0.25) is 4.98 Å². The molecular formula is C17H13ClN4O2. The van der Waals surface area contributed by atoms with Crippen molar-refractivity contribution in [3.8, 4) is 22.9 Å². The molecule has 120 valence electrons. The smallest absolute Gasteiger partial charge is 0.231 e. The van der Waals surface area contributed by atoms with Crippen LogP contribution in [-0.2, 0) is 6.54 Å². The van der Waals surface area contributed by atoms with Crippen LogP contribution in [0.1, 0.15) is 5.56 Å². The maximum absolute atomic E-state index is 5.94. The topological polar surface area (TPSA) is 69.2 Å². The molecule has 0 fully saturated rings. The third-order valence-corrected chi connectivity index (χ3v) is 3.73. The van der Waals surface area contributed by atoms with E-state index in [1.54, 1.807) is 18.6 Å². The fraction of sp³-hybridized carbons (Fsp3) is 0.118. The average Bonchev–Trinajstić information content (AvgIpc) is 3.08. The van der Waals surface area contributed by atoms with E-state index in [1.807, 2.05) is 30.3 Å². The van der Waals surface area contributed by atoms with Gasteiger partial charge >= 0.3 is 0 Å². The van der Waals surface area contributed by atoms with Gasteiger partial charge in [0.15, 0.2) is 17.3 Å². The molecule has 0 aliphatic carbocycles. The van der Waals surface area contributed by atoms with E-state index in [0.717, 1.165) is 22.7 Å². The van der Waals surface area contributed by atoms with E-state index < -0.39 is 0 Å². The SMILES string of the molecule is Clc1cncc(CNc2ccnc(-c3ccc4c(c3)OCO4)n2)c1. The molecule has 0 spiro atoms. The maximum Gasteiger partial charge on any atom is 0.231 e. The molecule has 3 aromatic rings. The summed E-state index contributed by atoms with van der Waals surface area (Å²) in [5, 5.41) is 3.85. The normalized spacial score (nSPS) is 12.2. The van der Waals surface area contributed by atoms with Crippen LogP contribution >= 0.6 is 11.6 Å². The van der Waals surface area contributed by atoms with Crippen LogP contribution < -0.4 is 14.8 Å². The van der Waals surface area contributed by atoms with Crippen LogP contribution in [0.15, 0.2) is 48.9 Å². The molecule has 3 heterocycles. The second-order valence-electron chi connectivity index (χ2n) is 5.20. The first kappa shape index (κ1) is 14.7. The predicted octanol–water partition coefficient (Wildman–Crippen LogP) is 3.53. The van der Waals surface area contributed by atoms with Crippen LogP contribution in [0.4, 0.5) is 5.82 Å². The standard InChI is InChI=1S/C17H13ClN4O2/c18-13-5-11(7-19-9-13)8-21-16-3-4-20-17(22-16)12-1-2-14-15(6-12)24-10-23-14/h1-7,9H,8,10H2,(H,20,21,22). The predicted molar refractivity (Wildman–Crippen MR) is 90.2 cm³/mol. The molecule has 1 aromatic carbocycles. The van der Waals surface area contributed by atoms with Crippen LogP contribution in [0.2, 0.25) is 5.02 Å². The molecule has 0 atom stereocenters. The summed E-state index contributed by atoms with van der Waals surface area (Å²) in [5.74, 6) is 2.78. The number of pyridine rings is 1. The van der Waals surface area contributed by atoms with Crippen LogP contribution in [-0.4, -0.2) is 21.7 Å². The average molecular weight is 341 g/mol. The second kappa shape index (κ2) is 6.33. The van der Waals surface area contributed by atoms with Crippen molar-refractivity contribution in [1.29, 1.82) is 0 Å². The van der Waals surface area contributed by atoms with Gasteiger partial charge in [0, 0.05) is 30.7 Å². The van der Waals surface area contributed by atoms with E-state index in [4.69, 9.17) is 21.1 Å². The van der Waals surface area contributed by atoms with Crippen molar-refractivity contribution < 1.29 is 9.47 Å². The third-order valence-electron chi connectivity index (χ3n) is 3.52. The van der Waals surface area contributed by atoms with E-state index in [-0.39, 0.29) is 6.79 Å². The largest absolute Gasteiger partial charge is 0.454 e. The number of aromatic nitrogens is 3. The second-order valence-corrected chi connectivity index (χ2v) is 5.63. The van der Waals surface area contributed by atoms with Gasteiger partial charge in [0.2, 0.25) is 6.79 Å². The number of nitrogens with zero attached hydrogens (tertiary/aromatic N) is 3. The summed E-state index contributed by atoms with van der Waals surface area (Å²) >= 11 is 5.94. The minimum atomic E-state index is 0.245. The lowest BCUT2D eigenvalue weighted by molar-refractivity contribution is 0.174. The first-order chi connectivity index (χ1) is 11.8. The molecule has 0 saturated carbocycles. The lowest BCUT2D eigenvalue weighted by Crippen LogP contribution is -2.03. The summed E-state index contributed by atoms with van der Waals surface area (Å²) in [6.45, 7) is 0.820. The molecule has 6 nitrogen and oxygen atoms in total. The Bertz CT molecular complexity index is 888. The number of rotatable bonds is 4. The molecule has 24 heavy (non-hydrogen) atoms. The molecule has 0 radical (unpaired) electrons. The number of nitrogens with one attached hydrogen (secondary N) is 1. The first-order valence-electron chi connectivity index (χ1n) is 7.34. The highest BCUT2D eigenvalue weighted by atomic mass is 35.5. The quantitative estimate of drug-likeness (QED) is 0.783. The highest BCUT2D eigenvalue weighted by molar-refractivity contribution is 6.30. The van der Waals surface area contributed by atoms with Crippen LogP contribution in [0.25, 0.3) is 11.4 Å². The Labute approximate surface area is 143 Å². The van der Waals surface area contributed by atoms with Gasteiger partial charge in [-0.25, -0.2) is 9.97 Å². The van der Waals surface area contributed by atoms with Crippen molar-refractivity contribution in [2.45, 2.75) is 6.54 Å². The van der Waals surface area contributed by atoms with Crippen molar-refractivity contribution in [3.05, 3.63) is 59.5 Å². The molecule has 4 rings (SSSR count). The number of fused-ring (bicyclic) bond motifs is 1. The van der Waals surface area contributed by atoms with Crippen molar-refractivity contribution in [3.63, 3.8) is 0 Å². The Hall–Kier alpha value is -2.86. The van der Waals surface area contributed by atoms with Crippen molar-refractivity contribution in [2.24, 2.45) is 0 Å². The van der Waals surface area contributed by atoms with Gasteiger partial charge in [-0.1, -0.05) is 11.6 Å². The highest BCUT2D eigenvalue weighted by Gasteiger charge is 2.14. The zero-order valence-corrected chi connectivity index (χ0v) is 13.3. The minimum Gasteiger partial charge on any atom is -0.454 e. The van der Waals surface area contributed by atoms with Gasteiger partial charge in [-0.05, 0) is 35.9 Å². The summed E-state index contributed by atoms with van der Waals surface area (Å²) in [5.41, 5.74) is 1.85. The van der Waals surface area contributed by atoms with E-state index in [2.05, 4.69) is 20.3 Å². The fourth-order valence-corrected chi connectivity index (χ4v) is 2.57. The maximum atomic E-state index is 5.94. The Kier molecular flexibility index (Phi) is 3.88. The molecule has 0 unspecified atom stereocenters. The Morgan fingerprint density at radius 1 is 1.08 bits per heavy atom. The number of anilines is 1. The molecule has 1 N–H and O–H groups in total. The highest BCUT2D eigenvalue weighted by Crippen LogP contribution is 2.35. The molecule has 0 saturated heterocycles. The summed E-state index contributed by atoms with van der Waals surface area (Å²) < 4.78 is 10.7. The van der Waals surface area contributed by atoms with E-state index in [1.165, 1.54) is 0 Å². The number of hydrogen-bond donors (Lipinski definition) is 1. The minimum absolute atomic E-state index is 0.245. The van der Waals surface area contributed by atoms with Crippen molar-refractivity contribution in [1.82, 2.24) is 15.0 Å². The molecule has 2 aromatic heterocycles. The fourth-order valence-electron chi connectivity index (χ4n) is 2.38. The Morgan fingerprint density at radius 2 is 2.00 bits per heavy atom. The number of hydrogen-bond acceptors (Lipinski definition) is 6. The third kappa shape index (κ3) is 3.09. The zero-order valence-electron chi connectivity index (χ0n) is 12.6. The summed E-state index contributed by atoms with van der Waals surface area (Å²) in [7, 11) is 0. The number of benzene rings is 1. The first-order valence-corrected chi connectivity index (χ1v) is 7.72. The lowest BCUT2D eigenvalue weighted by Gasteiger charge is -2.07. The van der Waals surface area contributed by atoms with E-state index in [9.17, 15) is 0 Å². The molecule has 1 aliphatic rings. The lowest BCUT2D eigenvalue weighted by atomic mass is 10.2. The molecular weight excluding hydrogens is 328 g/mol. The van der Waals surface area contributed by atoms with Crippen LogP contribution in [0.5, 0.6) is 11.5 Å². The zero-order chi connectivity index (χ0) is 16.4. The summed E-state index contributed by atoms with van der Waals surface area (Å²) in [6, 6.07) is 9.32. The van der Waals surface area contributed by atoms with Gasteiger partial charge in [0.1, 0.15) is 5.82 Å².